The van der Waals surface area contributed by atoms with Crippen LogP contribution in [0.4, 0.5) is 0 Å². The van der Waals surface area contributed by atoms with Crippen molar-refractivity contribution >= 4 is 24.1 Å². The monoisotopic (exact) mass is 634 g/mol. The smallest absolute Gasteiger partial charge is 0.249 e. The Morgan fingerprint density at radius 1 is 0.844 bits per heavy atom. The Kier molecular flexibility index (Phi) is 18.6. The van der Waals surface area contributed by atoms with Crippen molar-refractivity contribution < 1.29 is 19.2 Å². The van der Waals surface area contributed by atoms with Gasteiger partial charge in [-0.2, -0.15) is 0 Å². The molecule has 0 radical (unpaired) electrons. The van der Waals surface area contributed by atoms with E-state index in [2.05, 4.69) is 58.7 Å². The number of piperidine rings is 2. The summed E-state index contributed by atoms with van der Waals surface area (Å²) < 4.78 is 0. The van der Waals surface area contributed by atoms with Crippen LogP contribution in [0.3, 0.4) is 0 Å². The second-order valence-corrected chi connectivity index (χ2v) is 14.5. The zero-order valence-electron chi connectivity index (χ0n) is 30.6. The van der Waals surface area contributed by atoms with Crippen LogP contribution in [-0.4, -0.2) is 107 Å². The summed E-state index contributed by atoms with van der Waals surface area (Å²) in [5, 5.41) is 2.39. The van der Waals surface area contributed by atoms with Gasteiger partial charge in [-0.05, 0) is 104 Å². The molecule has 0 bridgehead atoms. The highest BCUT2D eigenvalue weighted by atomic mass is 16.2. The fourth-order valence-corrected chi connectivity index (χ4v) is 6.45. The molecule has 45 heavy (non-hydrogen) atoms. The lowest BCUT2D eigenvalue weighted by molar-refractivity contribution is -0.146. The van der Waals surface area contributed by atoms with E-state index in [9.17, 15) is 19.2 Å². The molecule has 3 rings (SSSR count). The Morgan fingerprint density at radius 2 is 1.40 bits per heavy atom. The number of hydrogen-bond donors (Lipinski definition) is 1. The zero-order valence-corrected chi connectivity index (χ0v) is 30.6. The van der Waals surface area contributed by atoms with Crippen molar-refractivity contribution in [1.29, 1.82) is 0 Å². The van der Waals surface area contributed by atoms with Crippen LogP contribution in [0, 0.1) is 11.8 Å². The second-order valence-electron chi connectivity index (χ2n) is 14.5. The van der Waals surface area contributed by atoms with Crippen molar-refractivity contribution in [3.8, 4) is 0 Å². The summed E-state index contributed by atoms with van der Waals surface area (Å²) in [5.41, 5.74) is 0.533. The fraction of sp³-hybridized carbons (Fsp3) is 0.833. The molecule has 260 valence electrons. The van der Waals surface area contributed by atoms with E-state index < -0.39 is 6.04 Å². The Hall–Kier alpha value is -2.42. The molecule has 9 heteroatoms. The van der Waals surface area contributed by atoms with Gasteiger partial charge in [0.05, 0.1) is 12.6 Å². The summed E-state index contributed by atoms with van der Waals surface area (Å²) in [4.78, 5) is 57.5. The van der Waals surface area contributed by atoms with Gasteiger partial charge in [0.1, 0.15) is 6.04 Å². The molecule has 0 aliphatic carbocycles. The Labute approximate surface area is 275 Å². The third-order valence-electron chi connectivity index (χ3n) is 8.99. The van der Waals surface area contributed by atoms with Crippen molar-refractivity contribution in [3.63, 3.8) is 0 Å². The lowest BCUT2D eigenvalue weighted by Gasteiger charge is -2.41. The number of hydrogen-bond acceptors (Lipinski definition) is 5. The minimum Gasteiger partial charge on any atom is -0.350 e. The van der Waals surface area contributed by atoms with E-state index in [1.807, 2.05) is 24.8 Å². The van der Waals surface area contributed by atoms with E-state index in [0.29, 0.717) is 24.9 Å². The lowest BCUT2D eigenvalue weighted by atomic mass is 9.96. The van der Waals surface area contributed by atoms with Crippen LogP contribution < -0.4 is 5.32 Å². The third-order valence-corrected chi connectivity index (χ3v) is 8.99. The number of nitrogens with one attached hydrogen (secondary N) is 1. The highest BCUT2D eigenvalue weighted by Crippen LogP contribution is 2.28. The van der Waals surface area contributed by atoms with Gasteiger partial charge in [0.25, 0.3) is 0 Å². The second kappa shape index (κ2) is 20.7. The molecule has 4 atom stereocenters. The number of likely N-dealkylation sites (N-methyl/N-ethyl adjacent to an activating group) is 1. The van der Waals surface area contributed by atoms with Crippen LogP contribution in [0.5, 0.6) is 0 Å². The molecule has 0 aromatic carbocycles. The Balaban J connectivity index is 0.000000644. The lowest BCUT2D eigenvalue weighted by Crippen LogP contribution is -2.55. The third kappa shape index (κ3) is 13.5. The van der Waals surface area contributed by atoms with Gasteiger partial charge in [0.15, 0.2) is 0 Å². The molecule has 3 aliphatic heterocycles. The van der Waals surface area contributed by atoms with Crippen LogP contribution in [0.2, 0.25) is 0 Å². The van der Waals surface area contributed by atoms with Gasteiger partial charge in [-0.15, -0.1) is 0 Å². The van der Waals surface area contributed by atoms with E-state index in [0.717, 1.165) is 37.6 Å². The highest BCUT2D eigenvalue weighted by molar-refractivity contribution is 5.97. The first kappa shape index (κ1) is 40.6. The minimum absolute atomic E-state index is 0.0657. The molecule has 9 nitrogen and oxygen atoms in total. The first-order valence-corrected chi connectivity index (χ1v) is 17.6. The number of likely N-dealkylation sites (tertiary alicyclic amines) is 3. The average molecular weight is 634 g/mol. The first-order valence-electron chi connectivity index (χ1n) is 17.6. The van der Waals surface area contributed by atoms with Gasteiger partial charge in [-0.1, -0.05) is 47.1 Å². The van der Waals surface area contributed by atoms with Crippen LogP contribution in [0.15, 0.2) is 11.6 Å². The molecule has 4 amide bonds. The maximum atomic E-state index is 13.4. The van der Waals surface area contributed by atoms with E-state index in [4.69, 9.17) is 0 Å². The van der Waals surface area contributed by atoms with Gasteiger partial charge >= 0.3 is 0 Å². The predicted molar refractivity (Wildman–Crippen MR) is 185 cm³/mol. The van der Waals surface area contributed by atoms with E-state index in [1.54, 1.807) is 23.8 Å². The molecule has 3 fully saturated rings. The van der Waals surface area contributed by atoms with Crippen LogP contribution in [-0.2, 0) is 19.2 Å². The first-order chi connectivity index (χ1) is 21.1. The highest BCUT2D eigenvalue weighted by Gasteiger charge is 2.40. The summed E-state index contributed by atoms with van der Waals surface area (Å²) in [6.07, 6.45) is 11.2. The zero-order chi connectivity index (χ0) is 34.3. The van der Waals surface area contributed by atoms with Crippen LogP contribution >= 0.6 is 0 Å². The van der Waals surface area contributed by atoms with Crippen molar-refractivity contribution in [2.75, 3.05) is 33.2 Å². The molecular formula is C36H67N5O4. The largest absolute Gasteiger partial charge is 0.350 e. The van der Waals surface area contributed by atoms with E-state index in [-0.39, 0.29) is 48.3 Å². The number of carbonyl (C=O) groups excluding carboxylic acids is 4. The maximum absolute atomic E-state index is 13.4. The van der Waals surface area contributed by atoms with Gasteiger partial charge in [-0.25, -0.2) is 0 Å². The SMILES string of the molecule is C/C(=C\[C@H](C(C)C)N(C)C(=O)CNC=O)C(=O)N1CCC[C@H]1C(=O)N1C(C)CCCC1C.CC(C)C.CC(C)N1CCCCC1. The fourth-order valence-electron chi connectivity index (χ4n) is 6.45. The number of carbonyl (C=O) groups is 4. The van der Waals surface area contributed by atoms with Gasteiger partial charge < -0.3 is 24.9 Å². The normalized spacial score (nSPS) is 23.2. The number of amides is 4. The van der Waals surface area contributed by atoms with Crippen molar-refractivity contribution in [2.45, 2.75) is 151 Å². The summed E-state index contributed by atoms with van der Waals surface area (Å²) >= 11 is 0. The van der Waals surface area contributed by atoms with Gasteiger partial charge in [-0.3, -0.25) is 19.2 Å². The minimum atomic E-state index is -0.414. The summed E-state index contributed by atoms with van der Waals surface area (Å²) in [7, 11) is 1.68. The van der Waals surface area contributed by atoms with Crippen LogP contribution in [0.1, 0.15) is 121 Å². The van der Waals surface area contributed by atoms with E-state index >= 15 is 0 Å². The Bertz CT molecular complexity index is 931. The predicted octanol–water partition coefficient (Wildman–Crippen LogP) is 5.49. The molecule has 3 heterocycles. The van der Waals surface area contributed by atoms with Gasteiger partial charge in [0, 0.05) is 37.3 Å². The molecule has 3 aliphatic rings. The molecule has 2 unspecified atom stereocenters. The topological polar surface area (TPSA) is 93.3 Å². The van der Waals surface area contributed by atoms with Gasteiger partial charge in [0.2, 0.25) is 24.1 Å². The van der Waals surface area contributed by atoms with Crippen molar-refractivity contribution in [2.24, 2.45) is 11.8 Å². The molecule has 0 spiro atoms. The molecule has 0 aromatic heterocycles. The molecule has 0 aromatic rings. The standard InChI is InChI=1S/C24H40N4O4.C8H17N.C4H10/c1-16(2)21(26(6)22(30)14-25-15-29)13-17(3)23(31)27-12-8-11-20(27)24(32)28-18(4)9-7-10-19(28)5;1-8(2)9-6-4-3-5-7-9;1-4(2)3/h13,15-16,18-21H,7-12,14H2,1-6H3,(H,25,29);8H,3-7H2,1-2H3;4H,1-3H3/b17-13+;;/t18?,19?,20-,21+;;/m0../s1. The maximum Gasteiger partial charge on any atom is 0.249 e. The molecule has 1 N–H and O–H groups in total. The molecule has 3 saturated heterocycles. The molecule has 0 saturated carbocycles. The van der Waals surface area contributed by atoms with E-state index in [1.165, 1.54) is 32.4 Å². The molecular weight excluding hydrogens is 566 g/mol. The van der Waals surface area contributed by atoms with Crippen molar-refractivity contribution in [3.05, 3.63) is 11.6 Å². The quantitative estimate of drug-likeness (QED) is 0.268. The summed E-state index contributed by atoms with van der Waals surface area (Å²) in [6.45, 7) is 24.1. The van der Waals surface area contributed by atoms with Crippen molar-refractivity contribution in [1.82, 2.24) is 24.9 Å². The Morgan fingerprint density at radius 3 is 1.87 bits per heavy atom. The average Bonchev–Trinajstić information content (AvgIpc) is 3.48. The number of nitrogens with zero attached hydrogens (tertiary/aromatic N) is 4. The summed E-state index contributed by atoms with van der Waals surface area (Å²) in [6, 6.07) is 0.461. The number of rotatable bonds is 9. The summed E-state index contributed by atoms with van der Waals surface area (Å²) in [5.74, 6) is 0.607. The van der Waals surface area contributed by atoms with Crippen LogP contribution in [0.25, 0.3) is 0 Å².